The number of nitrogens with zero attached hydrogens (tertiary/aromatic N) is 3. The minimum absolute atomic E-state index is 0.0310. The summed E-state index contributed by atoms with van der Waals surface area (Å²) in [6.45, 7) is 2.40. The molecule has 0 spiro atoms. The highest BCUT2D eigenvalue weighted by atomic mass is 16.5. The van der Waals surface area contributed by atoms with Crippen LogP contribution in [0.15, 0.2) is 30.6 Å². The van der Waals surface area contributed by atoms with Crippen molar-refractivity contribution < 1.29 is 14.3 Å². The Bertz CT molecular complexity index is 764. The Morgan fingerprint density at radius 1 is 1.23 bits per heavy atom. The highest BCUT2D eigenvalue weighted by molar-refractivity contribution is 5.98. The lowest BCUT2D eigenvalue weighted by Gasteiger charge is -2.32. The number of rotatable bonds is 6. The minimum atomic E-state index is -0.0310. The number of benzene rings is 1. The molecule has 138 valence electrons. The molecule has 0 amide bonds. The second kappa shape index (κ2) is 8.14. The smallest absolute Gasteiger partial charge is 0.219 e. The van der Waals surface area contributed by atoms with Crippen LogP contribution in [0.4, 0.5) is 5.95 Å². The van der Waals surface area contributed by atoms with Gasteiger partial charge in [-0.3, -0.25) is 9.69 Å². The van der Waals surface area contributed by atoms with Crippen LogP contribution < -0.4 is 15.2 Å². The molecule has 0 saturated carbocycles. The molecule has 2 N–H and O–H groups in total. The van der Waals surface area contributed by atoms with E-state index in [0.29, 0.717) is 17.1 Å². The zero-order chi connectivity index (χ0) is 18.5. The predicted octanol–water partition coefficient (Wildman–Crippen LogP) is 2.17. The van der Waals surface area contributed by atoms with Crippen molar-refractivity contribution in [3.63, 3.8) is 0 Å². The first-order valence-electron chi connectivity index (χ1n) is 8.65. The standard InChI is InChI=1S/C19H24N4O3/c1-25-16-6-5-14(8-17(16)26-2)18(24)15-4-3-7-23(12-15)11-13-9-21-19(20)22-10-13/h5-6,8-10,15H,3-4,7,11-12H2,1-2H3,(H2,20,21,22). The van der Waals surface area contributed by atoms with Gasteiger partial charge >= 0.3 is 0 Å². The van der Waals surface area contributed by atoms with Crippen LogP contribution in [-0.4, -0.2) is 48.0 Å². The van der Waals surface area contributed by atoms with E-state index >= 15 is 0 Å². The van der Waals surface area contributed by atoms with Gasteiger partial charge < -0.3 is 15.2 Å². The Hall–Kier alpha value is -2.67. The number of likely N-dealkylation sites (tertiary alicyclic amines) is 1. The van der Waals surface area contributed by atoms with E-state index in [9.17, 15) is 4.79 Å². The van der Waals surface area contributed by atoms with Gasteiger partial charge in [0.05, 0.1) is 14.2 Å². The fourth-order valence-electron chi connectivity index (χ4n) is 3.34. The van der Waals surface area contributed by atoms with Crippen molar-refractivity contribution in [1.82, 2.24) is 14.9 Å². The topological polar surface area (TPSA) is 90.6 Å². The molecule has 1 aromatic heterocycles. The van der Waals surface area contributed by atoms with E-state index in [1.165, 1.54) is 0 Å². The summed E-state index contributed by atoms with van der Waals surface area (Å²) in [5.74, 6) is 1.58. The van der Waals surface area contributed by atoms with Gasteiger partial charge in [0.15, 0.2) is 17.3 Å². The highest BCUT2D eigenvalue weighted by Crippen LogP contribution is 2.30. The molecular weight excluding hydrogens is 332 g/mol. The van der Waals surface area contributed by atoms with Crippen LogP contribution >= 0.6 is 0 Å². The fraction of sp³-hybridized carbons (Fsp3) is 0.421. The summed E-state index contributed by atoms with van der Waals surface area (Å²) < 4.78 is 10.6. The average molecular weight is 356 g/mol. The Balaban J connectivity index is 1.68. The second-order valence-corrected chi connectivity index (χ2v) is 6.46. The van der Waals surface area contributed by atoms with Gasteiger partial charge in [-0.05, 0) is 37.6 Å². The molecular formula is C19H24N4O3. The van der Waals surface area contributed by atoms with Crippen molar-refractivity contribution in [2.75, 3.05) is 33.0 Å². The van der Waals surface area contributed by atoms with E-state index in [1.807, 2.05) is 0 Å². The van der Waals surface area contributed by atoms with Crippen LogP contribution in [0.5, 0.6) is 11.5 Å². The first kappa shape index (κ1) is 18.1. The van der Waals surface area contributed by atoms with Crippen molar-refractivity contribution in [3.05, 3.63) is 41.7 Å². The number of hydrogen-bond donors (Lipinski definition) is 1. The van der Waals surface area contributed by atoms with Gasteiger partial charge in [0, 0.05) is 42.5 Å². The lowest BCUT2D eigenvalue weighted by Crippen LogP contribution is -2.38. The molecule has 0 radical (unpaired) electrons. The van der Waals surface area contributed by atoms with Crippen molar-refractivity contribution in [2.45, 2.75) is 19.4 Å². The summed E-state index contributed by atoms with van der Waals surface area (Å²) in [5, 5.41) is 0. The third-order valence-corrected chi connectivity index (χ3v) is 4.68. The van der Waals surface area contributed by atoms with Gasteiger partial charge in [-0.25, -0.2) is 9.97 Å². The summed E-state index contributed by atoms with van der Waals surface area (Å²) in [7, 11) is 3.16. The third-order valence-electron chi connectivity index (χ3n) is 4.68. The monoisotopic (exact) mass is 356 g/mol. The number of methoxy groups -OCH3 is 2. The number of anilines is 1. The van der Waals surface area contributed by atoms with Gasteiger partial charge in [0.1, 0.15) is 0 Å². The van der Waals surface area contributed by atoms with Gasteiger partial charge in [-0.15, -0.1) is 0 Å². The van der Waals surface area contributed by atoms with Gasteiger partial charge in [0.2, 0.25) is 5.95 Å². The number of nitrogens with two attached hydrogens (primary N) is 1. The van der Waals surface area contributed by atoms with E-state index in [1.54, 1.807) is 44.8 Å². The van der Waals surface area contributed by atoms with E-state index < -0.39 is 0 Å². The Morgan fingerprint density at radius 2 is 1.96 bits per heavy atom. The van der Waals surface area contributed by atoms with E-state index in [2.05, 4.69) is 14.9 Å². The first-order chi connectivity index (χ1) is 12.6. The van der Waals surface area contributed by atoms with Crippen LogP contribution in [-0.2, 0) is 6.54 Å². The third kappa shape index (κ3) is 4.11. The zero-order valence-corrected chi connectivity index (χ0v) is 15.1. The van der Waals surface area contributed by atoms with Crippen molar-refractivity contribution in [2.24, 2.45) is 5.92 Å². The summed E-state index contributed by atoms with van der Waals surface area (Å²) >= 11 is 0. The minimum Gasteiger partial charge on any atom is -0.493 e. The van der Waals surface area contributed by atoms with Crippen LogP contribution in [0, 0.1) is 5.92 Å². The number of hydrogen-bond acceptors (Lipinski definition) is 7. The second-order valence-electron chi connectivity index (χ2n) is 6.46. The lowest BCUT2D eigenvalue weighted by molar-refractivity contribution is 0.0811. The maximum Gasteiger partial charge on any atom is 0.219 e. The first-order valence-corrected chi connectivity index (χ1v) is 8.65. The maximum absolute atomic E-state index is 12.9. The van der Waals surface area contributed by atoms with E-state index in [0.717, 1.165) is 38.0 Å². The van der Waals surface area contributed by atoms with Crippen molar-refractivity contribution in [3.8, 4) is 11.5 Å². The number of carbonyl (C=O) groups is 1. The Kier molecular flexibility index (Phi) is 5.68. The molecule has 3 rings (SSSR count). The molecule has 1 unspecified atom stereocenters. The number of nitrogen functional groups attached to an aromatic ring is 1. The molecule has 1 saturated heterocycles. The van der Waals surface area contributed by atoms with Crippen LogP contribution in [0.25, 0.3) is 0 Å². The summed E-state index contributed by atoms with van der Waals surface area (Å²) in [4.78, 5) is 23.3. The van der Waals surface area contributed by atoms with Gasteiger partial charge in [-0.1, -0.05) is 0 Å². The highest BCUT2D eigenvalue weighted by Gasteiger charge is 2.27. The maximum atomic E-state index is 12.9. The molecule has 1 aromatic carbocycles. The Labute approximate surface area is 153 Å². The largest absolute Gasteiger partial charge is 0.493 e. The molecule has 26 heavy (non-hydrogen) atoms. The molecule has 2 aromatic rings. The molecule has 1 aliphatic rings. The zero-order valence-electron chi connectivity index (χ0n) is 15.1. The van der Waals surface area contributed by atoms with Crippen molar-refractivity contribution >= 4 is 11.7 Å². The van der Waals surface area contributed by atoms with Crippen LogP contribution in [0.1, 0.15) is 28.8 Å². The predicted molar refractivity (Wildman–Crippen MR) is 98.3 cm³/mol. The number of aromatic nitrogens is 2. The number of piperidine rings is 1. The molecule has 0 aliphatic carbocycles. The molecule has 7 nitrogen and oxygen atoms in total. The summed E-state index contributed by atoms with van der Waals surface area (Å²) in [6.07, 6.45) is 5.35. The molecule has 0 bridgehead atoms. The normalized spacial score (nSPS) is 17.7. The molecule has 2 heterocycles. The molecule has 7 heteroatoms. The molecule has 1 aliphatic heterocycles. The Morgan fingerprint density at radius 3 is 2.65 bits per heavy atom. The average Bonchev–Trinajstić information content (AvgIpc) is 2.69. The van der Waals surface area contributed by atoms with Gasteiger partial charge in [0.25, 0.3) is 0 Å². The van der Waals surface area contributed by atoms with Crippen molar-refractivity contribution in [1.29, 1.82) is 0 Å². The van der Waals surface area contributed by atoms with Crippen LogP contribution in [0.2, 0.25) is 0 Å². The summed E-state index contributed by atoms with van der Waals surface area (Å²) in [6, 6.07) is 5.34. The number of ketones is 1. The number of ether oxygens (including phenoxy) is 2. The van der Waals surface area contributed by atoms with E-state index in [4.69, 9.17) is 15.2 Å². The fourth-order valence-corrected chi connectivity index (χ4v) is 3.34. The quantitative estimate of drug-likeness (QED) is 0.793. The number of carbonyl (C=O) groups excluding carboxylic acids is 1. The number of Topliss-reactive ketones (excluding diaryl/α,β-unsaturated/α-hetero) is 1. The molecule has 1 atom stereocenters. The SMILES string of the molecule is COc1ccc(C(=O)C2CCCN(Cc3cnc(N)nc3)C2)cc1OC. The lowest BCUT2D eigenvalue weighted by atomic mass is 9.89. The molecule has 1 fully saturated rings. The van der Waals surface area contributed by atoms with Gasteiger partial charge in [-0.2, -0.15) is 0 Å². The van der Waals surface area contributed by atoms with Crippen LogP contribution in [0.3, 0.4) is 0 Å². The summed E-state index contributed by atoms with van der Waals surface area (Å²) in [5.41, 5.74) is 7.19. The van der Waals surface area contributed by atoms with E-state index in [-0.39, 0.29) is 17.6 Å².